The predicted molar refractivity (Wildman–Crippen MR) is 92.1 cm³/mol. The van der Waals surface area contributed by atoms with Gasteiger partial charge < -0.3 is 4.74 Å². The monoisotopic (exact) mass is 294 g/mol. The maximum absolute atomic E-state index is 6.47. The van der Waals surface area contributed by atoms with Gasteiger partial charge in [-0.2, -0.15) is 0 Å². The summed E-state index contributed by atoms with van der Waals surface area (Å²) in [6.07, 6.45) is 3.35. The summed E-state index contributed by atoms with van der Waals surface area (Å²) >= 11 is 0. The zero-order valence-electron chi connectivity index (χ0n) is 13.9. The summed E-state index contributed by atoms with van der Waals surface area (Å²) in [5.74, 6) is 0.543. The van der Waals surface area contributed by atoms with Gasteiger partial charge in [-0.25, -0.2) is 0 Å². The largest absolute Gasteiger partial charge is 0.365 e. The van der Waals surface area contributed by atoms with Crippen LogP contribution in [-0.2, 0) is 16.8 Å². The van der Waals surface area contributed by atoms with Gasteiger partial charge in [0.2, 0.25) is 0 Å². The zero-order chi connectivity index (χ0) is 15.6. The van der Waals surface area contributed by atoms with Crippen LogP contribution < -0.4 is 0 Å². The highest BCUT2D eigenvalue weighted by Gasteiger charge is 2.46. The lowest BCUT2D eigenvalue weighted by Crippen LogP contribution is -2.34. The Bertz CT molecular complexity index is 646. The van der Waals surface area contributed by atoms with E-state index < -0.39 is 0 Å². The van der Waals surface area contributed by atoms with Crippen LogP contribution in [0.15, 0.2) is 48.5 Å². The molecule has 1 saturated heterocycles. The molecule has 0 radical (unpaired) electrons. The summed E-state index contributed by atoms with van der Waals surface area (Å²) < 4.78 is 6.47. The van der Waals surface area contributed by atoms with Crippen molar-refractivity contribution in [3.63, 3.8) is 0 Å². The van der Waals surface area contributed by atoms with Gasteiger partial charge in [-0.15, -0.1) is 0 Å². The molecule has 2 unspecified atom stereocenters. The molecule has 22 heavy (non-hydrogen) atoms. The van der Waals surface area contributed by atoms with E-state index in [2.05, 4.69) is 69.3 Å². The Morgan fingerprint density at radius 2 is 1.77 bits per heavy atom. The number of hydrogen-bond donors (Lipinski definition) is 0. The Hall–Kier alpha value is -1.60. The lowest BCUT2D eigenvalue weighted by Gasteiger charge is -2.36. The minimum Gasteiger partial charge on any atom is -0.365 e. The molecule has 2 atom stereocenters. The highest BCUT2D eigenvalue weighted by atomic mass is 16.5. The molecule has 3 rings (SSSR count). The Morgan fingerprint density at radius 3 is 2.45 bits per heavy atom. The second-order valence-corrected chi connectivity index (χ2v) is 6.40. The van der Waals surface area contributed by atoms with Gasteiger partial charge in [-0.1, -0.05) is 67.9 Å². The number of rotatable bonds is 4. The summed E-state index contributed by atoms with van der Waals surface area (Å²) in [5.41, 5.74) is 5.04. The van der Waals surface area contributed by atoms with Crippen LogP contribution >= 0.6 is 0 Å². The van der Waals surface area contributed by atoms with E-state index in [1.165, 1.54) is 22.3 Å². The molecule has 0 saturated carbocycles. The molecule has 1 nitrogen and oxygen atoms in total. The van der Waals surface area contributed by atoms with Gasteiger partial charge in [-0.05, 0) is 48.8 Å². The Balaban J connectivity index is 2.19. The molecular formula is C21H26O. The van der Waals surface area contributed by atoms with Crippen molar-refractivity contribution in [2.45, 2.75) is 45.6 Å². The fraction of sp³-hybridized carbons (Fsp3) is 0.429. The molecule has 0 aromatic heterocycles. The number of hydrogen-bond acceptors (Lipinski definition) is 1. The first-order chi connectivity index (χ1) is 10.7. The van der Waals surface area contributed by atoms with Crippen molar-refractivity contribution >= 4 is 0 Å². The van der Waals surface area contributed by atoms with E-state index >= 15 is 0 Å². The van der Waals surface area contributed by atoms with E-state index in [4.69, 9.17) is 4.74 Å². The van der Waals surface area contributed by atoms with Crippen LogP contribution in [0.4, 0.5) is 0 Å². The molecule has 0 bridgehead atoms. The van der Waals surface area contributed by atoms with Crippen LogP contribution in [-0.4, -0.2) is 6.61 Å². The molecule has 0 spiro atoms. The van der Waals surface area contributed by atoms with E-state index in [1.54, 1.807) is 0 Å². The zero-order valence-corrected chi connectivity index (χ0v) is 13.9. The standard InChI is InChI=1S/C21H26O/c1-4-17-9-7-11-20(15-17)21(18(5-2)12-13-22-21)19-10-6-8-16(3)14-19/h6-11,14-15,18H,4-5,12-13H2,1-3H3. The lowest BCUT2D eigenvalue weighted by atomic mass is 9.74. The van der Waals surface area contributed by atoms with Crippen molar-refractivity contribution in [3.8, 4) is 0 Å². The summed E-state index contributed by atoms with van der Waals surface area (Å²) in [5, 5.41) is 0. The van der Waals surface area contributed by atoms with Crippen LogP contribution in [0.1, 0.15) is 48.9 Å². The van der Waals surface area contributed by atoms with E-state index in [-0.39, 0.29) is 5.60 Å². The third-order valence-electron chi connectivity index (χ3n) is 5.07. The normalized spacial score (nSPS) is 24.6. The van der Waals surface area contributed by atoms with Crippen LogP contribution in [0.25, 0.3) is 0 Å². The van der Waals surface area contributed by atoms with Gasteiger partial charge in [0.25, 0.3) is 0 Å². The summed E-state index contributed by atoms with van der Waals surface area (Å²) in [6.45, 7) is 7.51. The summed E-state index contributed by atoms with van der Waals surface area (Å²) in [6, 6.07) is 17.8. The molecule has 0 amide bonds. The van der Waals surface area contributed by atoms with Crippen molar-refractivity contribution in [2.75, 3.05) is 6.61 Å². The molecule has 1 aliphatic heterocycles. The molecule has 1 heterocycles. The third-order valence-corrected chi connectivity index (χ3v) is 5.07. The highest BCUT2D eigenvalue weighted by molar-refractivity contribution is 5.41. The third kappa shape index (κ3) is 2.48. The van der Waals surface area contributed by atoms with Crippen LogP contribution in [0.2, 0.25) is 0 Å². The molecular weight excluding hydrogens is 268 g/mol. The van der Waals surface area contributed by atoms with Crippen molar-refractivity contribution in [3.05, 3.63) is 70.8 Å². The smallest absolute Gasteiger partial charge is 0.121 e. The van der Waals surface area contributed by atoms with Crippen molar-refractivity contribution in [1.29, 1.82) is 0 Å². The molecule has 0 N–H and O–H groups in total. The first-order valence-electron chi connectivity index (χ1n) is 8.51. The second-order valence-electron chi connectivity index (χ2n) is 6.40. The van der Waals surface area contributed by atoms with Crippen LogP contribution in [0, 0.1) is 12.8 Å². The van der Waals surface area contributed by atoms with E-state index in [0.29, 0.717) is 5.92 Å². The van der Waals surface area contributed by atoms with Gasteiger partial charge in [0.1, 0.15) is 5.60 Å². The number of aryl methyl sites for hydroxylation is 2. The fourth-order valence-electron chi connectivity index (χ4n) is 3.88. The topological polar surface area (TPSA) is 9.23 Å². The maximum Gasteiger partial charge on any atom is 0.121 e. The molecule has 1 aliphatic rings. The highest BCUT2D eigenvalue weighted by Crippen LogP contribution is 2.48. The van der Waals surface area contributed by atoms with E-state index in [0.717, 1.165) is 25.9 Å². The van der Waals surface area contributed by atoms with Crippen molar-refractivity contribution in [1.82, 2.24) is 0 Å². The first kappa shape index (κ1) is 15.3. The Kier molecular flexibility index (Phi) is 4.35. The second kappa shape index (κ2) is 6.26. The van der Waals surface area contributed by atoms with Crippen molar-refractivity contribution in [2.24, 2.45) is 5.92 Å². The summed E-state index contributed by atoms with van der Waals surface area (Å²) in [7, 11) is 0. The number of ether oxygens (including phenoxy) is 1. The van der Waals surface area contributed by atoms with Crippen LogP contribution in [0.5, 0.6) is 0 Å². The number of benzene rings is 2. The maximum atomic E-state index is 6.47. The van der Waals surface area contributed by atoms with E-state index in [1.807, 2.05) is 0 Å². The first-order valence-corrected chi connectivity index (χ1v) is 8.51. The SMILES string of the molecule is CCc1cccc(C2(c3cccc(C)c3)OCCC2CC)c1. The lowest BCUT2D eigenvalue weighted by molar-refractivity contribution is 0.00903. The molecule has 2 aromatic rings. The van der Waals surface area contributed by atoms with E-state index in [9.17, 15) is 0 Å². The molecule has 1 fully saturated rings. The Morgan fingerprint density at radius 1 is 1.05 bits per heavy atom. The summed E-state index contributed by atoms with van der Waals surface area (Å²) in [4.78, 5) is 0. The average molecular weight is 294 g/mol. The quantitative estimate of drug-likeness (QED) is 0.748. The van der Waals surface area contributed by atoms with Crippen molar-refractivity contribution < 1.29 is 4.74 Å². The van der Waals surface area contributed by atoms with Gasteiger partial charge in [0.05, 0.1) is 0 Å². The average Bonchev–Trinajstić information content (AvgIpc) is 3.00. The predicted octanol–water partition coefficient (Wildman–Crippen LogP) is 5.25. The molecule has 2 aromatic carbocycles. The molecule has 116 valence electrons. The fourth-order valence-corrected chi connectivity index (χ4v) is 3.88. The van der Waals surface area contributed by atoms with Gasteiger partial charge in [0.15, 0.2) is 0 Å². The van der Waals surface area contributed by atoms with Gasteiger partial charge in [0, 0.05) is 6.61 Å². The van der Waals surface area contributed by atoms with Crippen LogP contribution in [0.3, 0.4) is 0 Å². The van der Waals surface area contributed by atoms with Gasteiger partial charge >= 0.3 is 0 Å². The van der Waals surface area contributed by atoms with Gasteiger partial charge in [-0.3, -0.25) is 0 Å². The Labute approximate surface area is 134 Å². The molecule has 0 aliphatic carbocycles. The minimum absolute atomic E-state index is 0.272. The molecule has 1 heteroatoms. The minimum atomic E-state index is -0.272.